The first-order valence-electron chi connectivity index (χ1n) is 8.29. The Bertz CT molecular complexity index is 818. The summed E-state index contributed by atoms with van der Waals surface area (Å²) in [5, 5.41) is 0. The van der Waals surface area contributed by atoms with Crippen LogP contribution < -0.4 is 9.47 Å². The number of carbonyl (C=O) groups is 2. The van der Waals surface area contributed by atoms with E-state index in [1.165, 1.54) is 7.11 Å². The summed E-state index contributed by atoms with van der Waals surface area (Å²) >= 11 is 0. The quantitative estimate of drug-likeness (QED) is 0.625. The maximum Gasteiger partial charge on any atom is 0.396 e. The molecule has 0 aliphatic carbocycles. The van der Waals surface area contributed by atoms with Gasteiger partial charge in [0.25, 0.3) is 0 Å². The lowest BCUT2D eigenvalue weighted by atomic mass is 9.87. The van der Waals surface area contributed by atoms with Gasteiger partial charge >= 0.3 is 11.9 Å². The van der Waals surface area contributed by atoms with Gasteiger partial charge in [-0.25, -0.2) is 4.79 Å². The first-order valence-corrected chi connectivity index (χ1v) is 8.29. The maximum atomic E-state index is 12.6. The van der Waals surface area contributed by atoms with Gasteiger partial charge in [0.2, 0.25) is 0 Å². The predicted octanol–water partition coefficient (Wildman–Crippen LogP) is 2.35. The van der Waals surface area contributed by atoms with Crippen LogP contribution in [0, 0.1) is 0 Å². The van der Waals surface area contributed by atoms with E-state index in [0.29, 0.717) is 24.5 Å². The smallest absolute Gasteiger partial charge is 0.396 e. The molecule has 0 spiro atoms. The lowest BCUT2D eigenvalue weighted by molar-refractivity contribution is -0.159. The number of amides is 1. The van der Waals surface area contributed by atoms with E-state index >= 15 is 0 Å². The van der Waals surface area contributed by atoms with Crippen molar-refractivity contribution in [3.8, 4) is 11.5 Å². The van der Waals surface area contributed by atoms with E-state index in [9.17, 15) is 9.59 Å². The molecule has 1 atom stereocenters. The summed E-state index contributed by atoms with van der Waals surface area (Å²) in [5.41, 5.74) is 2.89. The van der Waals surface area contributed by atoms with Crippen molar-refractivity contribution in [1.29, 1.82) is 0 Å². The van der Waals surface area contributed by atoms with Gasteiger partial charge in [0, 0.05) is 6.54 Å². The number of esters is 1. The Hall–Kier alpha value is -3.02. The van der Waals surface area contributed by atoms with Crippen LogP contribution in [0.4, 0.5) is 0 Å². The zero-order valence-corrected chi connectivity index (χ0v) is 15.0. The first-order chi connectivity index (χ1) is 12.6. The minimum atomic E-state index is -0.866. The van der Waals surface area contributed by atoms with Gasteiger partial charge in [-0.2, -0.15) is 0 Å². The summed E-state index contributed by atoms with van der Waals surface area (Å²) < 4.78 is 15.5. The van der Waals surface area contributed by atoms with Crippen molar-refractivity contribution < 1.29 is 23.8 Å². The second kappa shape index (κ2) is 7.47. The highest BCUT2D eigenvalue weighted by Gasteiger charge is 2.36. The number of fused-ring (bicyclic) bond motifs is 1. The Labute approximate surface area is 152 Å². The number of nitrogens with zero attached hydrogens (tertiary/aromatic N) is 1. The lowest BCUT2D eigenvalue weighted by Crippen LogP contribution is -2.44. The second-order valence-corrected chi connectivity index (χ2v) is 5.96. The summed E-state index contributed by atoms with van der Waals surface area (Å²) in [6.07, 6.45) is 0.613. The Kier molecular flexibility index (Phi) is 5.11. The van der Waals surface area contributed by atoms with E-state index in [4.69, 9.17) is 9.47 Å². The van der Waals surface area contributed by atoms with Crippen LogP contribution in [0.3, 0.4) is 0 Å². The van der Waals surface area contributed by atoms with Crippen molar-refractivity contribution in [2.75, 3.05) is 27.9 Å². The number of hydrogen-bond acceptors (Lipinski definition) is 5. The standard InChI is InChI=1S/C20H21NO5/c1-24-16-11-14-9-10-21(19(22)20(23)26-3)18(13-7-5-4-6-8-13)15(14)12-17(16)25-2/h4-8,11-12,18H,9-10H2,1-3H3. The first kappa shape index (κ1) is 17.8. The van der Waals surface area contributed by atoms with Crippen LogP contribution in [0.5, 0.6) is 11.5 Å². The van der Waals surface area contributed by atoms with Gasteiger partial charge in [-0.1, -0.05) is 30.3 Å². The summed E-state index contributed by atoms with van der Waals surface area (Å²) in [4.78, 5) is 26.0. The number of hydrogen-bond donors (Lipinski definition) is 0. The Morgan fingerprint density at radius 3 is 2.27 bits per heavy atom. The summed E-state index contributed by atoms with van der Waals surface area (Å²) in [6.45, 7) is 0.413. The van der Waals surface area contributed by atoms with Gasteiger partial charge in [0.05, 0.1) is 27.4 Å². The number of ether oxygens (including phenoxy) is 3. The van der Waals surface area contributed by atoms with Crippen LogP contribution in [-0.2, 0) is 20.7 Å². The van der Waals surface area contributed by atoms with Crippen molar-refractivity contribution in [3.05, 3.63) is 59.2 Å². The molecule has 1 unspecified atom stereocenters. The average molecular weight is 355 g/mol. The van der Waals surface area contributed by atoms with Crippen LogP contribution in [0.15, 0.2) is 42.5 Å². The average Bonchev–Trinajstić information content (AvgIpc) is 2.71. The normalized spacial score (nSPS) is 15.8. The van der Waals surface area contributed by atoms with Gasteiger partial charge in [-0.05, 0) is 35.2 Å². The topological polar surface area (TPSA) is 65.1 Å². The van der Waals surface area contributed by atoms with Crippen LogP contribution in [-0.4, -0.2) is 44.7 Å². The molecule has 0 saturated carbocycles. The van der Waals surface area contributed by atoms with Crippen LogP contribution >= 0.6 is 0 Å². The fourth-order valence-electron chi connectivity index (χ4n) is 3.36. The maximum absolute atomic E-state index is 12.6. The van der Waals surface area contributed by atoms with E-state index in [1.54, 1.807) is 19.1 Å². The minimum absolute atomic E-state index is 0.397. The monoisotopic (exact) mass is 355 g/mol. The van der Waals surface area contributed by atoms with Crippen molar-refractivity contribution in [2.24, 2.45) is 0 Å². The molecule has 6 nitrogen and oxygen atoms in total. The lowest BCUT2D eigenvalue weighted by Gasteiger charge is -2.37. The van der Waals surface area contributed by atoms with E-state index in [0.717, 1.165) is 16.7 Å². The molecule has 2 aromatic rings. The van der Waals surface area contributed by atoms with Crippen LogP contribution in [0.25, 0.3) is 0 Å². The Balaban J connectivity index is 2.15. The molecule has 136 valence electrons. The molecule has 1 aliphatic rings. The Morgan fingerprint density at radius 1 is 1.00 bits per heavy atom. The minimum Gasteiger partial charge on any atom is -0.493 e. The Morgan fingerprint density at radius 2 is 1.65 bits per heavy atom. The molecule has 0 bridgehead atoms. The largest absolute Gasteiger partial charge is 0.493 e. The third-order valence-electron chi connectivity index (χ3n) is 4.61. The molecule has 6 heteroatoms. The van der Waals surface area contributed by atoms with E-state index in [1.807, 2.05) is 42.5 Å². The third kappa shape index (κ3) is 3.10. The molecule has 0 aromatic heterocycles. The summed E-state index contributed by atoms with van der Waals surface area (Å²) in [7, 11) is 4.38. The molecule has 0 fully saturated rings. The molecular formula is C20H21NO5. The summed E-state index contributed by atoms with van der Waals surface area (Å²) in [5.74, 6) is -0.290. The molecule has 3 rings (SSSR count). The van der Waals surface area contributed by atoms with Crippen molar-refractivity contribution >= 4 is 11.9 Å². The highest BCUT2D eigenvalue weighted by Crippen LogP contribution is 2.41. The fraction of sp³-hybridized carbons (Fsp3) is 0.300. The van der Waals surface area contributed by atoms with Crippen LogP contribution in [0.1, 0.15) is 22.7 Å². The summed E-state index contributed by atoms with van der Waals surface area (Å²) in [6, 6.07) is 13.0. The SMILES string of the molecule is COC(=O)C(=O)N1CCc2cc(OC)c(OC)cc2C1c1ccccc1. The highest BCUT2D eigenvalue weighted by molar-refractivity contribution is 6.32. The number of carbonyl (C=O) groups excluding carboxylic acids is 2. The number of rotatable bonds is 3. The molecule has 0 radical (unpaired) electrons. The van der Waals surface area contributed by atoms with Crippen molar-refractivity contribution in [3.63, 3.8) is 0 Å². The third-order valence-corrected chi connectivity index (χ3v) is 4.61. The van der Waals surface area contributed by atoms with Crippen molar-refractivity contribution in [1.82, 2.24) is 4.90 Å². The number of methoxy groups -OCH3 is 3. The molecular weight excluding hydrogens is 334 g/mol. The van der Waals surface area contributed by atoms with E-state index < -0.39 is 17.9 Å². The van der Waals surface area contributed by atoms with Gasteiger partial charge in [0.1, 0.15) is 0 Å². The zero-order valence-electron chi connectivity index (χ0n) is 15.0. The molecule has 0 N–H and O–H groups in total. The molecule has 2 aromatic carbocycles. The van der Waals surface area contributed by atoms with E-state index in [-0.39, 0.29) is 0 Å². The molecule has 1 aliphatic heterocycles. The van der Waals surface area contributed by atoms with Crippen LogP contribution in [0.2, 0.25) is 0 Å². The van der Waals surface area contributed by atoms with Crippen molar-refractivity contribution in [2.45, 2.75) is 12.5 Å². The predicted molar refractivity (Wildman–Crippen MR) is 95.3 cm³/mol. The molecule has 1 amide bonds. The highest BCUT2D eigenvalue weighted by atomic mass is 16.5. The van der Waals surface area contributed by atoms with Gasteiger partial charge in [-0.15, -0.1) is 0 Å². The molecule has 26 heavy (non-hydrogen) atoms. The van der Waals surface area contributed by atoms with E-state index in [2.05, 4.69) is 4.74 Å². The zero-order chi connectivity index (χ0) is 18.7. The molecule has 0 saturated heterocycles. The van der Waals surface area contributed by atoms with Gasteiger partial charge in [-0.3, -0.25) is 4.79 Å². The molecule has 1 heterocycles. The number of benzene rings is 2. The van der Waals surface area contributed by atoms with Gasteiger partial charge < -0.3 is 19.1 Å². The van der Waals surface area contributed by atoms with Gasteiger partial charge in [0.15, 0.2) is 11.5 Å². The fourth-order valence-corrected chi connectivity index (χ4v) is 3.36. The second-order valence-electron chi connectivity index (χ2n) is 5.96.